The van der Waals surface area contributed by atoms with Gasteiger partial charge in [0.2, 0.25) is 11.7 Å². The van der Waals surface area contributed by atoms with Crippen LogP contribution in [-0.2, 0) is 18.3 Å². The fraction of sp³-hybridized carbons (Fsp3) is 0.286. The molecule has 8 nitrogen and oxygen atoms in total. The summed E-state index contributed by atoms with van der Waals surface area (Å²) >= 11 is 0. The van der Waals surface area contributed by atoms with Crippen molar-refractivity contribution < 1.29 is 14.5 Å². The molecule has 1 N–H and O–H groups in total. The summed E-state index contributed by atoms with van der Waals surface area (Å²) in [6.45, 7) is 0.245. The molecule has 2 aromatic rings. The molecular weight excluding hydrogens is 288 g/mol. The summed E-state index contributed by atoms with van der Waals surface area (Å²) in [5, 5.41) is 17.3. The molecule has 0 saturated heterocycles. The number of para-hydroxylation sites is 1. The van der Waals surface area contributed by atoms with Crippen molar-refractivity contribution in [3.8, 4) is 5.75 Å². The molecule has 1 unspecified atom stereocenters. The Kier molecular flexibility index (Phi) is 3.50. The molecular formula is C14H14N4O4. The molecule has 1 atom stereocenters. The Bertz CT molecular complexity index is 740. The summed E-state index contributed by atoms with van der Waals surface area (Å²) in [5.74, 6) is 0.137. The maximum Gasteiger partial charge on any atom is 0.331 e. The van der Waals surface area contributed by atoms with Crippen LogP contribution in [0.2, 0.25) is 0 Å². The number of nitrogens with one attached hydrogen (secondary N) is 1. The van der Waals surface area contributed by atoms with Crippen LogP contribution in [0.25, 0.3) is 0 Å². The zero-order valence-corrected chi connectivity index (χ0v) is 11.9. The zero-order chi connectivity index (χ0) is 15.7. The molecule has 3 rings (SSSR count). The second-order valence-electron chi connectivity index (χ2n) is 5.07. The summed E-state index contributed by atoms with van der Waals surface area (Å²) in [5.41, 5.74) is 0.724. The number of aromatic nitrogens is 2. The number of nitro groups is 1. The van der Waals surface area contributed by atoms with E-state index < -0.39 is 10.8 Å². The van der Waals surface area contributed by atoms with Crippen LogP contribution in [0.3, 0.4) is 0 Å². The van der Waals surface area contributed by atoms with Crippen molar-refractivity contribution in [2.45, 2.75) is 6.42 Å². The van der Waals surface area contributed by atoms with Gasteiger partial charge in [-0.2, -0.15) is 5.10 Å². The first-order chi connectivity index (χ1) is 10.6. The number of carbonyl (C=O) groups is 1. The van der Waals surface area contributed by atoms with Crippen LogP contribution < -0.4 is 10.1 Å². The molecule has 1 aromatic carbocycles. The number of ether oxygens (including phenoxy) is 1. The number of fused-ring (bicyclic) bond motifs is 1. The van der Waals surface area contributed by atoms with Gasteiger partial charge in [0, 0.05) is 7.05 Å². The van der Waals surface area contributed by atoms with Crippen molar-refractivity contribution in [1.29, 1.82) is 0 Å². The molecule has 22 heavy (non-hydrogen) atoms. The van der Waals surface area contributed by atoms with Crippen molar-refractivity contribution >= 4 is 17.4 Å². The quantitative estimate of drug-likeness (QED) is 0.684. The van der Waals surface area contributed by atoms with Crippen molar-refractivity contribution in [2.75, 3.05) is 11.9 Å². The molecule has 1 amide bonds. The van der Waals surface area contributed by atoms with E-state index in [1.165, 1.54) is 11.7 Å². The number of carbonyl (C=O) groups excluding carboxylic acids is 1. The Hall–Kier alpha value is -2.90. The van der Waals surface area contributed by atoms with Gasteiger partial charge >= 0.3 is 5.69 Å². The molecule has 0 aliphatic carbocycles. The first-order valence-corrected chi connectivity index (χ1v) is 6.74. The van der Waals surface area contributed by atoms with Gasteiger partial charge in [-0.25, -0.2) is 4.68 Å². The average molecular weight is 302 g/mol. The number of benzene rings is 1. The third-order valence-electron chi connectivity index (χ3n) is 3.61. The third-order valence-corrected chi connectivity index (χ3v) is 3.61. The molecule has 2 heterocycles. The highest BCUT2D eigenvalue weighted by Gasteiger charge is 2.29. The molecule has 1 aliphatic rings. The van der Waals surface area contributed by atoms with Gasteiger partial charge in [0.1, 0.15) is 18.6 Å². The molecule has 0 radical (unpaired) electrons. The van der Waals surface area contributed by atoms with Crippen LogP contribution in [-0.4, -0.2) is 27.2 Å². The van der Waals surface area contributed by atoms with E-state index in [1.807, 2.05) is 24.3 Å². The topological polar surface area (TPSA) is 99.3 Å². The van der Waals surface area contributed by atoms with Gasteiger partial charge in [-0.1, -0.05) is 18.2 Å². The summed E-state index contributed by atoms with van der Waals surface area (Å²) in [6.07, 6.45) is 1.65. The predicted octanol–water partition coefficient (Wildman–Crippen LogP) is 1.52. The molecule has 1 aromatic heterocycles. The van der Waals surface area contributed by atoms with Crippen LogP contribution in [0.4, 0.5) is 11.5 Å². The minimum atomic E-state index is -0.574. The molecule has 0 spiro atoms. The first-order valence-electron chi connectivity index (χ1n) is 6.74. The molecule has 0 bridgehead atoms. The number of nitrogens with zero attached hydrogens (tertiary/aromatic N) is 3. The van der Waals surface area contributed by atoms with E-state index in [0.29, 0.717) is 6.42 Å². The average Bonchev–Trinajstić information content (AvgIpc) is 2.88. The largest absolute Gasteiger partial charge is 0.492 e. The van der Waals surface area contributed by atoms with Crippen molar-refractivity contribution in [1.82, 2.24) is 9.78 Å². The molecule has 114 valence electrons. The fourth-order valence-electron chi connectivity index (χ4n) is 2.42. The minimum absolute atomic E-state index is 0.0776. The Morgan fingerprint density at radius 2 is 2.27 bits per heavy atom. The monoisotopic (exact) mass is 302 g/mol. The fourth-order valence-corrected chi connectivity index (χ4v) is 2.42. The highest BCUT2D eigenvalue weighted by Crippen LogP contribution is 2.28. The zero-order valence-electron chi connectivity index (χ0n) is 11.9. The third kappa shape index (κ3) is 2.50. The van der Waals surface area contributed by atoms with E-state index >= 15 is 0 Å². The molecule has 0 saturated carbocycles. The first kappa shape index (κ1) is 14.1. The van der Waals surface area contributed by atoms with E-state index in [0.717, 1.165) is 17.5 Å². The lowest BCUT2D eigenvalue weighted by Gasteiger charge is -2.24. The minimum Gasteiger partial charge on any atom is -0.492 e. The van der Waals surface area contributed by atoms with Crippen molar-refractivity contribution in [3.05, 3.63) is 46.1 Å². The number of amides is 1. The molecule has 0 fully saturated rings. The van der Waals surface area contributed by atoms with Crippen molar-refractivity contribution in [2.24, 2.45) is 13.0 Å². The van der Waals surface area contributed by atoms with E-state index in [1.54, 1.807) is 0 Å². The highest BCUT2D eigenvalue weighted by atomic mass is 16.6. The van der Waals surface area contributed by atoms with Crippen LogP contribution in [0.15, 0.2) is 30.5 Å². The number of aryl methyl sites for hydroxylation is 1. The normalized spacial score (nSPS) is 16.5. The van der Waals surface area contributed by atoms with Crippen molar-refractivity contribution in [3.63, 3.8) is 0 Å². The second kappa shape index (κ2) is 5.47. The van der Waals surface area contributed by atoms with E-state index in [-0.39, 0.29) is 24.0 Å². The lowest BCUT2D eigenvalue weighted by molar-refractivity contribution is -0.384. The number of anilines is 1. The second-order valence-corrected chi connectivity index (χ2v) is 5.07. The van der Waals surface area contributed by atoms with Gasteiger partial charge in [0.15, 0.2) is 0 Å². The molecule has 1 aliphatic heterocycles. The van der Waals surface area contributed by atoms with Gasteiger partial charge in [0.05, 0.1) is 10.8 Å². The maximum atomic E-state index is 12.3. The number of rotatable bonds is 3. The van der Waals surface area contributed by atoms with E-state index in [9.17, 15) is 14.9 Å². The molecule has 8 heteroatoms. The smallest absolute Gasteiger partial charge is 0.331 e. The van der Waals surface area contributed by atoms with Crippen LogP contribution in [0, 0.1) is 16.0 Å². The lowest BCUT2D eigenvalue weighted by Crippen LogP contribution is -2.33. The van der Waals surface area contributed by atoms with Gasteiger partial charge < -0.3 is 10.1 Å². The van der Waals surface area contributed by atoms with E-state index in [4.69, 9.17) is 4.74 Å². The number of hydrogen-bond acceptors (Lipinski definition) is 5. The van der Waals surface area contributed by atoms with Gasteiger partial charge in [-0.15, -0.1) is 0 Å². The maximum absolute atomic E-state index is 12.3. The lowest BCUT2D eigenvalue weighted by atomic mass is 9.96. The summed E-state index contributed by atoms with van der Waals surface area (Å²) < 4.78 is 6.84. The highest BCUT2D eigenvalue weighted by molar-refractivity contribution is 5.94. The Balaban J connectivity index is 1.77. The van der Waals surface area contributed by atoms with Crippen LogP contribution in [0.5, 0.6) is 5.75 Å². The predicted molar refractivity (Wildman–Crippen MR) is 77.6 cm³/mol. The van der Waals surface area contributed by atoms with Crippen LogP contribution >= 0.6 is 0 Å². The Morgan fingerprint density at radius 1 is 1.50 bits per heavy atom. The Labute approximate surface area is 125 Å². The SMILES string of the molecule is Cn1ncc([N+](=O)[O-])c1NC(=O)C1COc2ccccc2C1. The van der Waals surface area contributed by atoms with E-state index in [2.05, 4.69) is 10.4 Å². The van der Waals surface area contributed by atoms with Gasteiger partial charge in [-0.05, 0) is 18.1 Å². The summed E-state index contributed by atoms with van der Waals surface area (Å²) in [4.78, 5) is 22.7. The standard InChI is InChI=1S/C14H14N4O4/c1-17-13(11(7-15-17)18(20)21)16-14(19)10-6-9-4-2-3-5-12(9)22-8-10/h2-5,7,10H,6,8H2,1H3,(H,16,19). The summed E-state index contributed by atoms with van der Waals surface area (Å²) in [7, 11) is 1.54. The summed E-state index contributed by atoms with van der Waals surface area (Å²) in [6, 6.07) is 7.52. The van der Waals surface area contributed by atoms with Gasteiger partial charge in [0.25, 0.3) is 0 Å². The van der Waals surface area contributed by atoms with Gasteiger partial charge in [-0.3, -0.25) is 14.9 Å². The Morgan fingerprint density at radius 3 is 3.05 bits per heavy atom. The van der Waals surface area contributed by atoms with Crippen LogP contribution in [0.1, 0.15) is 5.56 Å². The number of hydrogen-bond donors (Lipinski definition) is 1.